The summed E-state index contributed by atoms with van der Waals surface area (Å²) in [4.78, 5) is 0. The van der Waals surface area contributed by atoms with Crippen molar-refractivity contribution in [2.24, 2.45) is 7.05 Å². The second-order valence-corrected chi connectivity index (χ2v) is 13.9. The molecular formula is C45H39N3. The van der Waals surface area contributed by atoms with Gasteiger partial charge in [0, 0.05) is 85.1 Å². The maximum atomic E-state index is 2.65. The predicted molar refractivity (Wildman–Crippen MR) is 205 cm³/mol. The number of hydrogen-bond donors (Lipinski definition) is 0. The summed E-state index contributed by atoms with van der Waals surface area (Å²) in [5.41, 5.74) is 13.0. The minimum Gasteiger partial charge on any atom is -0.344 e. The van der Waals surface area contributed by atoms with Gasteiger partial charge in [-0.1, -0.05) is 79.9 Å². The summed E-state index contributed by atoms with van der Waals surface area (Å²) >= 11 is 0. The van der Waals surface area contributed by atoms with E-state index in [9.17, 15) is 0 Å². The van der Waals surface area contributed by atoms with Crippen molar-refractivity contribution in [3.05, 3.63) is 121 Å². The first kappa shape index (κ1) is 27.8. The SMILES string of the molecule is CCn1c2ccccc2c2cc(-c3ccc4c(c3)c3cc(-c5ccc6c(c5)c5ccccc5n6C5CCCCC5)ccc3n4C)ccc21. The second kappa shape index (κ2) is 10.6. The van der Waals surface area contributed by atoms with Crippen LogP contribution in [0.2, 0.25) is 0 Å². The van der Waals surface area contributed by atoms with Crippen LogP contribution in [0.3, 0.4) is 0 Å². The number of hydrogen-bond acceptors (Lipinski definition) is 0. The van der Waals surface area contributed by atoms with E-state index < -0.39 is 0 Å². The molecule has 0 aliphatic heterocycles. The first-order valence-electron chi connectivity index (χ1n) is 17.7. The number of fused-ring (bicyclic) bond motifs is 9. The third kappa shape index (κ3) is 4.00. The molecule has 9 aromatic rings. The Morgan fingerprint density at radius 1 is 0.458 bits per heavy atom. The molecule has 0 N–H and O–H groups in total. The van der Waals surface area contributed by atoms with Crippen molar-refractivity contribution in [1.82, 2.24) is 13.7 Å². The standard InChI is InChI=1S/C45H39N3/c1-3-47-42-15-9-7-13-34(42)36-25-31(19-23-43(36)47)29-17-21-40-38(27-29)39-28-30(18-22-41(39)46(40)2)32-20-24-45-37(26-32)35-14-8-10-16-44(35)48(45)33-11-5-4-6-12-33/h7-10,13-28,33H,3-6,11-12H2,1-2H3. The molecule has 3 heterocycles. The highest BCUT2D eigenvalue weighted by molar-refractivity contribution is 6.13. The van der Waals surface area contributed by atoms with Gasteiger partial charge in [-0.3, -0.25) is 0 Å². The quantitative estimate of drug-likeness (QED) is 0.186. The number of aryl methyl sites for hydroxylation is 2. The zero-order chi connectivity index (χ0) is 31.9. The van der Waals surface area contributed by atoms with E-state index in [-0.39, 0.29) is 0 Å². The maximum Gasteiger partial charge on any atom is 0.0494 e. The predicted octanol–water partition coefficient (Wildman–Crippen LogP) is 12.4. The van der Waals surface area contributed by atoms with Crippen LogP contribution >= 0.6 is 0 Å². The van der Waals surface area contributed by atoms with Crippen LogP contribution in [-0.2, 0) is 13.6 Å². The molecule has 48 heavy (non-hydrogen) atoms. The first-order chi connectivity index (χ1) is 23.7. The summed E-state index contributed by atoms with van der Waals surface area (Å²) in [6.45, 7) is 3.19. The molecule has 3 heteroatoms. The number of para-hydroxylation sites is 2. The van der Waals surface area contributed by atoms with Gasteiger partial charge in [0.15, 0.2) is 0 Å². The second-order valence-electron chi connectivity index (χ2n) is 13.9. The molecule has 0 spiro atoms. The summed E-state index contributed by atoms with van der Waals surface area (Å²) in [6, 6.07) is 46.6. The fourth-order valence-corrected chi connectivity index (χ4v) is 9.07. The first-order valence-corrected chi connectivity index (χ1v) is 17.7. The molecule has 0 saturated heterocycles. The van der Waals surface area contributed by atoms with Crippen molar-refractivity contribution in [2.45, 2.75) is 51.6 Å². The Balaban J connectivity index is 1.11. The summed E-state index contributed by atoms with van der Waals surface area (Å²) < 4.78 is 7.42. The minimum atomic E-state index is 0.597. The Morgan fingerprint density at radius 2 is 0.875 bits per heavy atom. The zero-order valence-electron chi connectivity index (χ0n) is 27.7. The van der Waals surface area contributed by atoms with E-state index in [2.05, 4.69) is 149 Å². The molecule has 1 aliphatic carbocycles. The molecular weight excluding hydrogens is 583 g/mol. The van der Waals surface area contributed by atoms with E-state index in [4.69, 9.17) is 0 Å². The van der Waals surface area contributed by atoms with Crippen LogP contribution < -0.4 is 0 Å². The van der Waals surface area contributed by atoms with Crippen molar-refractivity contribution in [2.75, 3.05) is 0 Å². The Labute approximate surface area is 280 Å². The zero-order valence-corrected chi connectivity index (χ0v) is 27.7. The lowest BCUT2D eigenvalue weighted by molar-refractivity contribution is 0.367. The van der Waals surface area contributed by atoms with Crippen molar-refractivity contribution >= 4 is 65.4 Å². The highest BCUT2D eigenvalue weighted by Gasteiger charge is 2.21. The van der Waals surface area contributed by atoms with Gasteiger partial charge in [-0.15, -0.1) is 0 Å². The monoisotopic (exact) mass is 621 g/mol. The van der Waals surface area contributed by atoms with Crippen molar-refractivity contribution < 1.29 is 0 Å². The summed E-state index contributed by atoms with van der Waals surface area (Å²) in [7, 11) is 2.20. The van der Waals surface area contributed by atoms with E-state index in [1.54, 1.807) is 0 Å². The molecule has 3 nitrogen and oxygen atoms in total. The lowest BCUT2D eigenvalue weighted by atomic mass is 9.95. The number of rotatable bonds is 4. The van der Waals surface area contributed by atoms with Gasteiger partial charge in [0.2, 0.25) is 0 Å². The van der Waals surface area contributed by atoms with Crippen molar-refractivity contribution in [1.29, 1.82) is 0 Å². The van der Waals surface area contributed by atoms with Crippen LogP contribution in [-0.4, -0.2) is 13.7 Å². The van der Waals surface area contributed by atoms with Crippen LogP contribution in [0, 0.1) is 0 Å². The van der Waals surface area contributed by atoms with E-state index in [0.29, 0.717) is 6.04 Å². The largest absolute Gasteiger partial charge is 0.344 e. The fraction of sp³-hybridized carbons (Fsp3) is 0.200. The molecule has 6 aromatic carbocycles. The molecule has 234 valence electrons. The molecule has 0 amide bonds. The van der Waals surface area contributed by atoms with Crippen LogP contribution in [0.15, 0.2) is 121 Å². The van der Waals surface area contributed by atoms with Gasteiger partial charge in [0.25, 0.3) is 0 Å². The molecule has 3 aromatic heterocycles. The number of nitrogens with zero attached hydrogens (tertiary/aromatic N) is 3. The van der Waals surface area contributed by atoms with Crippen LogP contribution in [0.1, 0.15) is 45.1 Å². The van der Waals surface area contributed by atoms with Gasteiger partial charge in [0.05, 0.1) is 0 Å². The van der Waals surface area contributed by atoms with Crippen molar-refractivity contribution in [3.63, 3.8) is 0 Å². The number of aromatic nitrogens is 3. The average molecular weight is 622 g/mol. The van der Waals surface area contributed by atoms with Crippen molar-refractivity contribution in [3.8, 4) is 22.3 Å². The third-order valence-corrected chi connectivity index (χ3v) is 11.4. The fourth-order valence-electron chi connectivity index (χ4n) is 9.07. The molecule has 0 atom stereocenters. The average Bonchev–Trinajstić information content (AvgIpc) is 3.76. The third-order valence-electron chi connectivity index (χ3n) is 11.4. The Bertz CT molecular complexity index is 2710. The van der Waals surface area contributed by atoms with Gasteiger partial charge in [-0.25, -0.2) is 0 Å². The molecule has 10 rings (SSSR count). The van der Waals surface area contributed by atoms with Crippen LogP contribution in [0.5, 0.6) is 0 Å². The Morgan fingerprint density at radius 3 is 1.46 bits per heavy atom. The summed E-state index contributed by atoms with van der Waals surface area (Å²) in [5.74, 6) is 0. The van der Waals surface area contributed by atoms with Gasteiger partial charge >= 0.3 is 0 Å². The highest BCUT2D eigenvalue weighted by Crippen LogP contribution is 2.41. The van der Waals surface area contributed by atoms with E-state index in [1.165, 1.54) is 120 Å². The molecule has 0 bridgehead atoms. The highest BCUT2D eigenvalue weighted by atomic mass is 15.0. The minimum absolute atomic E-state index is 0.597. The Hall–Kier alpha value is -5.28. The molecule has 1 aliphatic rings. The lowest BCUT2D eigenvalue weighted by Gasteiger charge is -2.25. The molecule has 1 saturated carbocycles. The van der Waals surface area contributed by atoms with Gasteiger partial charge < -0.3 is 13.7 Å². The topological polar surface area (TPSA) is 14.8 Å². The van der Waals surface area contributed by atoms with Crippen LogP contribution in [0.4, 0.5) is 0 Å². The maximum absolute atomic E-state index is 2.65. The molecule has 0 radical (unpaired) electrons. The van der Waals surface area contributed by atoms with E-state index in [1.807, 2.05) is 0 Å². The smallest absolute Gasteiger partial charge is 0.0494 e. The van der Waals surface area contributed by atoms with E-state index >= 15 is 0 Å². The molecule has 1 fully saturated rings. The van der Waals surface area contributed by atoms with Gasteiger partial charge in [-0.2, -0.15) is 0 Å². The van der Waals surface area contributed by atoms with E-state index in [0.717, 1.165) is 6.54 Å². The summed E-state index contributed by atoms with van der Waals surface area (Å²) in [6.07, 6.45) is 6.61. The summed E-state index contributed by atoms with van der Waals surface area (Å²) in [5, 5.41) is 8.00. The normalized spacial score (nSPS) is 14.5. The van der Waals surface area contributed by atoms with Gasteiger partial charge in [0.1, 0.15) is 0 Å². The molecule has 0 unspecified atom stereocenters. The van der Waals surface area contributed by atoms with Gasteiger partial charge in [-0.05, 0) is 103 Å². The number of benzene rings is 6. The lowest BCUT2D eigenvalue weighted by Crippen LogP contribution is -2.12. The Kier molecular flexibility index (Phi) is 6.15. The van der Waals surface area contributed by atoms with Crippen LogP contribution in [0.25, 0.3) is 87.7 Å².